The first kappa shape index (κ1) is 22.2. The predicted octanol–water partition coefficient (Wildman–Crippen LogP) is 4.59. The van der Waals surface area contributed by atoms with Crippen LogP contribution in [0.2, 0.25) is 5.02 Å². The standard InChI is InChI=1S/C24H29ClN2O3/c1-2-22(24(29)26-19-11-7-8-12-19)27(16-18-10-6-9-15-21(18)25)23(28)17-30-20-13-4-3-5-14-20/h3-6,9-10,13-15,19,22H,2,7-8,11-12,16-17H2,1H3,(H,26,29). The molecule has 0 aromatic heterocycles. The molecule has 1 aliphatic rings. The second kappa shape index (κ2) is 11.0. The number of ether oxygens (including phenoxy) is 1. The zero-order chi connectivity index (χ0) is 21.3. The number of nitrogens with zero attached hydrogens (tertiary/aromatic N) is 1. The van der Waals surface area contributed by atoms with E-state index in [1.807, 2.05) is 43.3 Å². The number of para-hydroxylation sites is 1. The maximum absolute atomic E-state index is 13.2. The predicted molar refractivity (Wildman–Crippen MR) is 118 cm³/mol. The lowest BCUT2D eigenvalue weighted by molar-refractivity contribution is -0.143. The molecule has 2 aromatic rings. The van der Waals surface area contributed by atoms with Gasteiger partial charge in [0.05, 0.1) is 0 Å². The first-order valence-electron chi connectivity index (χ1n) is 10.6. The van der Waals surface area contributed by atoms with Gasteiger partial charge in [-0.1, -0.05) is 67.8 Å². The molecule has 1 N–H and O–H groups in total. The summed E-state index contributed by atoms with van der Waals surface area (Å²) >= 11 is 6.34. The molecule has 0 radical (unpaired) electrons. The molecule has 0 saturated heterocycles. The van der Waals surface area contributed by atoms with Gasteiger partial charge in [-0.25, -0.2) is 0 Å². The van der Waals surface area contributed by atoms with Crippen molar-refractivity contribution < 1.29 is 14.3 Å². The highest BCUT2D eigenvalue weighted by atomic mass is 35.5. The summed E-state index contributed by atoms with van der Waals surface area (Å²) in [6, 6.07) is 16.2. The number of carbonyl (C=O) groups is 2. The van der Waals surface area contributed by atoms with E-state index in [-0.39, 0.29) is 31.0 Å². The van der Waals surface area contributed by atoms with Crippen LogP contribution in [0.1, 0.15) is 44.6 Å². The number of hydrogen-bond acceptors (Lipinski definition) is 3. The van der Waals surface area contributed by atoms with Crippen molar-refractivity contribution in [2.75, 3.05) is 6.61 Å². The van der Waals surface area contributed by atoms with Crippen molar-refractivity contribution in [1.29, 1.82) is 0 Å². The molecular weight excluding hydrogens is 400 g/mol. The van der Waals surface area contributed by atoms with E-state index in [1.165, 1.54) is 0 Å². The molecule has 1 aliphatic carbocycles. The van der Waals surface area contributed by atoms with Crippen LogP contribution in [0, 0.1) is 0 Å². The molecule has 0 spiro atoms. The fraction of sp³-hybridized carbons (Fsp3) is 0.417. The quantitative estimate of drug-likeness (QED) is 0.635. The van der Waals surface area contributed by atoms with E-state index in [1.54, 1.807) is 23.1 Å². The van der Waals surface area contributed by atoms with Crippen molar-refractivity contribution in [1.82, 2.24) is 10.2 Å². The van der Waals surface area contributed by atoms with Crippen molar-refractivity contribution in [3.8, 4) is 5.75 Å². The van der Waals surface area contributed by atoms with E-state index in [2.05, 4.69) is 5.32 Å². The molecular formula is C24H29ClN2O3. The lowest BCUT2D eigenvalue weighted by Gasteiger charge is -2.31. The Hall–Kier alpha value is -2.53. The largest absolute Gasteiger partial charge is 0.484 e. The van der Waals surface area contributed by atoms with Crippen molar-refractivity contribution >= 4 is 23.4 Å². The molecule has 6 heteroatoms. The monoisotopic (exact) mass is 428 g/mol. The zero-order valence-corrected chi connectivity index (χ0v) is 18.1. The van der Waals surface area contributed by atoms with Gasteiger partial charge in [-0.3, -0.25) is 9.59 Å². The second-order valence-corrected chi connectivity index (χ2v) is 8.04. The average Bonchev–Trinajstić information content (AvgIpc) is 3.27. The molecule has 0 aliphatic heterocycles. The molecule has 30 heavy (non-hydrogen) atoms. The fourth-order valence-electron chi connectivity index (χ4n) is 3.84. The van der Waals surface area contributed by atoms with Crippen LogP contribution in [0.3, 0.4) is 0 Å². The molecule has 1 saturated carbocycles. The van der Waals surface area contributed by atoms with Gasteiger partial charge in [-0.15, -0.1) is 0 Å². The molecule has 2 amide bonds. The van der Waals surface area contributed by atoms with Gasteiger partial charge in [0.1, 0.15) is 11.8 Å². The van der Waals surface area contributed by atoms with E-state index in [0.717, 1.165) is 31.2 Å². The molecule has 1 fully saturated rings. The van der Waals surface area contributed by atoms with Gasteiger partial charge >= 0.3 is 0 Å². The lowest BCUT2D eigenvalue weighted by atomic mass is 10.1. The van der Waals surface area contributed by atoms with Gasteiger partial charge in [0.15, 0.2) is 6.61 Å². The van der Waals surface area contributed by atoms with Gasteiger partial charge in [0.25, 0.3) is 5.91 Å². The number of hydrogen-bond donors (Lipinski definition) is 1. The van der Waals surface area contributed by atoms with E-state index >= 15 is 0 Å². The number of amides is 2. The minimum Gasteiger partial charge on any atom is -0.484 e. The summed E-state index contributed by atoms with van der Waals surface area (Å²) in [6.45, 7) is 2.04. The van der Waals surface area contributed by atoms with Gasteiger partial charge in [0.2, 0.25) is 5.91 Å². The Labute approximate surface area is 183 Å². The van der Waals surface area contributed by atoms with E-state index < -0.39 is 6.04 Å². The van der Waals surface area contributed by atoms with Gasteiger partial charge < -0.3 is 15.0 Å². The molecule has 2 aromatic carbocycles. The fourth-order valence-corrected chi connectivity index (χ4v) is 4.04. The third-order valence-corrected chi connectivity index (χ3v) is 5.86. The minimum atomic E-state index is -0.575. The first-order chi connectivity index (χ1) is 14.6. The Balaban J connectivity index is 1.76. The Morgan fingerprint density at radius 3 is 2.43 bits per heavy atom. The summed E-state index contributed by atoms with van der Waals surface area (Å²) in [6.07, 6.45) is 4.78. The maximum Gasteiger partial charge on any atom is 0.261 e. The summed E-state index contributed by atoms with van der Waals surface area (Å²) < 4.78 is 5.67. The lowest BCUT2D eigenvalue weighted by Crippen LogP contribution is -2.52. The zero-order valence-electron chi connectivity index (χ0n) is 17.4. The second-order valence-electron chi connectivity index (χ2n) is 7.63. The Morgan fingerprint density at radius 2 is 1.77 bits per heavy atom. The van der Waals surface area contributed by atoms with E-state index in [4.69, 9.17) is 16.3 Å². The molecule has 1 unspecified atom stereocenters. The van der Waals surface area contributed by atoms with E-state index in [9.17, 15) is 9.59 Å². The van der Waals surface area contributed by atoms with Crippen LogP contribution in [0.4, 0.5) is 0 Å². The number of carbonyl (C=O) groups excluding carboxylic acids is 2. The van der Waals surface area contributed by atoms with Crippen LogP contribution in [0.25, 0.3) is 0 Å². The van der Waals surface area contributed by atoms with Crippen molar-refractivity contribution in [2.45, 2.75) is 57.7 Å². The SMILES string of the molecule is CCC(C(=O)NC1CCCC1)N(Cc1ccccc1Cl)C(=O)COc1ccccc1. The van der Waals surface area contributed by atoms with Crippen molar-refractivity contribution in [3.05, 3.63) is 65.2 Å². The number of benzene rings is 2. The Kier molecular flexibility index (Phi) is 8.14. The van der Waals surface area contributed by atoms with Crippen LogP contribution in [-0.2, 0) is 16.1 Å². The smallest absolute Gasteiger partial charge is 0.261 e. The molecule has 5 nitrogen and oxygen atoms in total. The minimum absolute atomic E-state index is 0.107. The summed E-state index contributed by atoms with van der Waals surface area (Å²) in [5.74, 6) is 0.267. The number of rotatable bonds is 9. The molecule has 3 rings (SSSR count). The molecule has 160 valence electrons. The summed E-state index contributed by atoms with van der Waals surface area (Å²) in [5, 5.41) is 3.71. The Bertz CT molecular complexity index is 837. The molecule has 0 heterocycles. The highest BCUT2D eigenvalue weighted by Gasteiger charge is 2.31. The first-order valence-corrected chi connectivity index (χ1v) is 11.0. The number of halogens is 1. The molecule has 1 atom stereocenters. The Morgan fingerprint density at radius 1 is 1.10 bits per heavy atom. The topological polar surface area (TPSA) is 58.6 Å². The summed E-state index contributed by atoms with van der Waals surface area (Å²) in [7, 11) is 0. The van der Waals surface area contributed by atoms with Crippen molar-refractivity contribution in [2.24, 2.45) is 0 Å². The van der Waals surface area contributed by atoms with Crippen LogP contribution < -0.4 is 10.1 Å². The van der Waals surface area contributed by atoms with Crippen LogP contribution in [0.15, 0.2) is 54.6 Å². The molecule has 0 bridgehead atoms. The van der Waals surface area contributed by atoms with E-state index in [0.29, 0.717) is 17.2 Å². The normalized spacial score (nSPS) is 14.9. The van der Waals surface area contributed by atoms with Gasteiger partial charge in [-0.2, -0.15) is 0 Å². The van der Waals surface area contributed by atoms with Crippen LogP contribution in [-0.4, -0.2) is 35.4 Å². The number of nitrogens with one attached hydrogen (secondary N) is 1. The van der Waals surface area contributed by atoms with Crippen LogP contribution >= 0.6 is 11.6 Å². The van der Waals surface area contributed by atoms with Crippen molar-refractivity contribution in [3.63, 3.8) is 0 Å². The average molecular weight is 429 g/mol. The highest BCUT2D eigenvalue weighted by Crippen LogP contribution is 2.22. The third-order valence-electron chi connectivity index (χ3n) is 5.49. The summed E-state index contributed by atoms with van der Waals surface area (Å²) in [5.41, 5.74) is 0.805. The summed E-state index contributed by atoms with van der Waals surface area (Å²) in [4.78, 5) is 27.8. The maximum atomic E-state index is 13.2. The van der Waals surface area contributed by atoms with Gasteiger partial charge in [0, 0.05) is 17.6 Å². The third kappa shape index (κ3) is 5.99. The van der Waals surface area contributed by atoms with Crippen LogP contribution in [0.5, 0.6) is 5.75 Å². The highest BCUT2D eigenvalue weighted by molar-refractivity contribution is 6.31. The van der Waals surface area contributed by atoms with Gasteiger partial charge in [-0.05, 0) is 43.0 Å².